The van der Waals surface area contributed by atoms with E-state index in [0.29, 0.717) is 39.1 Å². The standard InChI is InChI=1S/C17H12Cl2N2O2/c1-9-7-12-15(23-9)11-3-2-6-20-16(11)21(17(12)22)10-4-5-13(18)14(19)8-10/h2-6,8-9H,7H2,1H3. The van der Waals surface area contributed by atoms with Crippen molar-refractivity contribution in [1.29, 1.82) is 0 Å². The summed E-state index contributed by atoms with van der Waals surface area (Å²) in [6.45, 7) is 1.95. The van der Waals surface area contributed by atoms with Gasteiger partial charge in [-0.15, -0.1) is 0 Å². The van der Waals surface area contributed by atoms with Crippen molar-refractivity contribution in [3.8, 4) is 11.4 Å². The molecule has 4 rings (SSSR count). The summed E-state index contributed by atoms with van der Waals surface area (Å²) in [5, 5.41) is 1.65. The molecule has 1 unspecified atom stereocenters. The Morgan fingerprint density at radius 1 is 1.26 bits per heavy atom. The third-order valence-corrected chi connectivity index (χ3v) is 4.69. The zero-order chi connectivity index (χ0) is 16.1. The molecule has 0 saturated heterocycles. The second-order valence-corrected chi connectivity index (χ2v) is 6.37. The maximum atomic E-state index is 13.0. The van der Waals surface area contributed by atoms with Gasteiger partial charge in [-0.1, -0.05) is 23.2 Å². The first-order chi connectivity index (χ1) is 11.1. The number of hydrogen-bond acceptors (Lipinski definition) is 3. The van der Waals surface area contributed by atoms with Crippen LogP contribution in [-0.2, 0) is 6.42 Å². The summed E-state index contributed by atoms with van der Waals surface area (Å²) in [7, 11) is 0. The minimum atomic E-state index is -0.131. The lowest BCUT2D eigenvalue weighted by Crippen LogP contribution is -2.22. The van der Waals surface area contributed by atoms with E-state index in [2.05, 4.69) is 4.98 Å². The van der Waals surface area contributed by atoms with E-state index < -0.39 is 0 Å². The van der Waals surface area contributed by atoms with Gasteiger partial charge in [0.25, 0.3) is 5.56 Å². The molecule has 0 bridgehead atoms. The Balaban J connectivity index is 2.11. The smallest absolute Gasteiger partial charge is 0.263 e. The van der Waals surface area contributed by atoms with Gasteiger partial charge in [0.15, 0.2) is 5.65 Å². The Morgan fingerprint density at radius 3 is 2.87 bits per heavy atom. The van der Waals surface area contributed by atoms with Crippen molar-refractivity contribution < 1.29 is 4.74 Å². The van der Waals surface area contributed by atoms with Gasteiger partial charge in [-0.3, -0.25) is 9.36 Å². The summed E-state index contributed by atoms with van der Waals surface area (Å²) >= 11 is 12.1. The molecule has 0 saturated carbocycles. The van der Waals surface area contributed by atoms with Crippen molar-refractivity contribution in [3.63, 3.8) is 0 Å². The molecule has 23 heavy (non-hydrogen) atoms. The number of rotatable bonds is 1. The van der Waals surface area contributed by atoms with Gasteiger partial charge in [0.2, 0.25) is 0 Å². The van der Waals surface area contributed by atoms with Crippen molar-refractivity contribution in [2.24, 2.45) is 0 Å². The van der Waals surface area contributed by atoms with Gasteiger partial charge in [0.1, 0.15) is 11.9 Å². The van der Waals surface area contributed by atoms with Crippen LogP contribution in [0.25, 0.3) is 16.7 Å². The van der Waals surface area contributed by atoms with E-state index in [9.17, 15) is 4.79 Å². The monoisotopic (exact) mass is 346 g/mol. The van der Waals surface area contributed by atoms with E-state index in [4.69, 9.17) is 27.9 Å². The van der Waals surface area contributed by atoms with Crippen LogP contribution in [-0.4, -0.2) is 15.7 Å². The fraction of sp³-hybridized carbons (Fsp3) is 0.176. The van der Waals surface area contributed by atoms with Crippen LogP contribution in [0.3, 0.4) is 0 Å². The van der Waals surface area contributed by atoms with Gasteiger partial charge in [-0.25, -0.2) is 4.98 Å². The molecule has 3 aromatic rings. The largest absolute Gasteiger partial charge is 0.489 e. The zero-order valence-electron chi connectivity index (χ0n) is 12.2. The lowest BCUT2D eigenvalue weighted by molar-refractivity contribution is 0.257. The highest BCUT2D eigenvalue weighted by Gasteiger charge is 2.27. The molecular formula is C17H12Cl2N2O2. The van der Waals surface area contributed by atoms with Crippen LogP contribution in [0.1, 0.15) is 12.5 Å². The molecule has 1 aromatic carbocycles. The van der Waals surface area contributed by atoms with Crippen LogP contribution in [0.2, 0.25) is 10.0 Å². The van der Waals surface area contributed by atoms with Gasteiger partial charge in [0.05, 0.1) is 26.7 Å². The Hall–Kier alpha value is -2.04. The number of ether oxygens (including phenoxy) is 1. The minimum absolute atomic E-state index is 0.0224. The maximum Gasteiger partial charge on any atom is 0.263 e. The lowest BCUT2D eigenvalue weighted by atomic mass is 10.1. The SMILES string of the molecule is CC1Cc2c(c3cccnc3n(-c3ccc(Cl)c(Cl)c3)c2=O)O1. The van der Waals surface area contributed by atoms with Crippen molar-refractivity contribution in [3.05, 3.63) is 62.5 Å². The molecule has 3 heterocycles. The molecule has 116 valence electrons. The highest BCUT2D eigenvalue weighted by Crippen LogP contribution is 2.34. The quantitative estimate of drug-likeness (QED) is 0.668. The number of aromatic nitrogens is 2. The van der Waals surface area contributed by atoms with Gasteiger partial charge in [-0.2, -0.15) is 0 Å². The first-order valence-corrected chi connectivity index (χ1v) is 7.96. The van der Waals surface area contributed by atoms with E-state index in [1.54, 1.807) is 29.0 Å². The van der Waals surface area contributed by atoms with Crippen LogP contribution in [0.4, 0.5) is 0 Å². The molecule has 1 aliphatic heterocycles. The van der Waals surface area contributed by atoms with Crippen molar-refractivity contribution in [1.82, 2.24) is 9.55 Å². The summed E-state index contributed by atoms with van der Waals surface area (Å²) in [5.74, 6) is 0.641. The molecule has 0 N–H and O–H groups in total. The second-order valence-electron chi connectivity index (χ2n) is 5.55. The maximum absolute atomic E-state index is 13.0. The summed E-state index contributed by atoms with van der Waals surface area (Å²) in [4.78, 5) is 17.4. The normalized spacial score (nSPS) is 16.4. The van der Waals surface area contributed by atoms with E-state index in [1.807, 2.05) is 19.1 Å². The Kier molecular flexibility index (Phi) is 3.32. The topological polar surface area (TPSA) is 44.1 Å². The molecular weight excluding hydrogens is 335 g/mol. The molecule has 4 nitrogen and oxygen atoms in total. The number of pyridine rings is 2. The Morgan fingerprint density at radius 2 is 2.09 bits per heavy atom. The van der Waals surface area contributed by atoms with Crippen molar-refractivity contribution in [2.45, 2.75) is 19.4 Å². The molecule has 6 heteroatoms. The van der Waals surface area contributed by atoms with Gasteiger partial charge >= 0.3 is 0 Å². The highest BCUT2D eigenvalue weighted by atomic mass is 35.5. The summed E-state index contributed by atoms with van der Waals surface area (Å²) in [6.07, 6.45) is 2.21. The molecule has 0 spiro atoms. The third kappa shape index (κ3) is 2.21. The van der Waals surface area contributed by atoms with E-state index in [1.165, 1.54) is 0 Å². The number of fused-ring (bicyclic) bond motifs is 3. The van der Waals surface area contributed by atoms with Gasteiger partial charge in [-0.05, 0) is 37.3 Å². The van der Waals surface area contributed by atoms with Crippen LogP contribution < -0.4 is 10.3 Å². The highest BCUT2D eigenvalue weighted by molar-refractivity contribution is 6.42. The predicted molar refractivity (Wildman–Crippen MR) is 91.2 cm³/mol. The van der Waals surface area contributed by atoms with Gasteiger partial charge in [0, 0.05) is 12.6 Å². The minimum Gasteiger partial charge on any atom is -0.489 e. The van der Waals surface area contributed by atoms with Crippen molar-refractivity contribution >= 4 is 34.2 Å². The van der Waals surface area contributed by atoms with Crippen molar-refractivity contribution in [2.75, 3.05) is 0 Å². The first kappa shape index (κ1) is 14.5. The molecule has 1 atom stereocenters. The number of benzene rings is 1. The van der Waals surface area contributed by atoms with E-state index >= 15 is 0 Å². The number of nitrogens with zero attached hydrogens (tertiary/aromatic N) is 2. The average Bonchev–Trinajstić information content (AvgIpc) is 2.93. The fourth-order valence-electron chi connectivity index (χ4n) is 2.95. The summed E-state index contributed by atoms with van der Waals surface area (Å²) in [5.41, 5.74) is 1.72. The zero-order valence-corrected chi connectivity index (χ0v) is 13.7. The Labute approximate surface area is 142 Å². The van der Waals surface area contributed by atoms with Gasteiger partial charge < -0.3 is 4.74 Å². The molecule has 0 amide bonds. The molecule has 2 aromatic heterocycles. The third-order valence-electron chi connectivity index (χ3n) is 3.95. The summed E-state index contributed by atoms with van der Waals surface area (Å²) in [6, 6.07) is 8.85. The fourth-order valence-corrected chi connectivity index (χ4v) is 3.24. The molecule has 1 aliphatic rings. The van der Waals surface area contributed by atoms with E-state index in [-0.39, 0.29) is 11.7 Å². The second kappa shape index (κ2) is 5.25. The van der Waals surface area contributed by atoms with Crippen LogP contribution >= 0.6 is 23.2 Å². The number of hydrogen-bond donors (Lipinski definition) is 0. The molecule has 0 radical (unpaired) electrons. The predicted octanol–water partition coefficient (Wildman–Crippen LogP) is 4.02. The van der Waals surface area contributed by atoms with E-state index in [0.717, 1.165) is 5.39 Å². The molecule has 0 aliphatic carbocycles. The van der Waals surface area contributed by atoms with Crippen LogP contribution in [0, 0.1) is 0 Å². The molecule has 0 fully saturated rings. The number of halogens is 2. The average molecular weight is 347 g/mol. The lowest BCUT2D eigenvalue weighted by Gasteiger charge is -2.13. The first-order valence-electron chi connectivity index (χ1n) is 7.21. The van der Waals surface area contributed by atoms with Crippen LogP contribution in [0.5, 0.6) is 5.75 Å². The Bertz CT molecular complexity index is 998. The summed E-state index contributed by atoms with van der Waals surface area (Å²) < 4.78 is 7.40. The van der Waals surface area contributed by atoms with Crippen LogP contribution in [0.15, 0.2) is 41.3 Å².